The van der Waals surface area contributed by atoms with Gasteiger partial charge in [0.2, 0.25) is 0 Å². The third-order valence-electron chi connectivity index (χ3n) is 4.83. The molecular weight excluding hydrogens is 308 g/mol. The number of carbonyl (C=O) groups excluding carboxylic acids is 2. The first-order valence-corrected chi connectivity index (χ1v) is 8.58. The van der Waals surface area contributed by atoms with Crippen LogP contribution in [-0.4, -0.2) is 53.2 Å². The SMILES string of the molecule is CCc1cc(CO)cc(CC)c1C1C(=O)N2CCOCCN2C1=O. The van der Waals surface area contributed by atoms with Crippen molar-refractivity contribution in [1.29, 1.82) is 0 Å². The van der Waals surface area contributed by atoms with Crippen LogP contribution in [0.25, 0.3) is 0 Å². The van der Waals surface area contributed by atoms with Crippen LogP contribution >= 0.6 is 0 Å². The van der Waals surface area contributed by atoms with Crippen LogP contribution < -0.4 is 0 Å². The van der Waals surface area contributed by atoms with E-state index >= 15 is 0 Å². The number of hydrogen-bond donors (Lipinski definition) is 1. The molecule has 2 saturated heterocycles. The van der Waals surface area contributed by atoms with Gasteiger partial charge in [-0.05, 0) is 35.1 Å². The summed E-state index contributed by atoms with van der Waals surface area (Å²) < 4.78 is 5.37. The van der Waals surface area contributed by atoms with E-state index in [4.69, 9.17) is 4.74 Å². The molecule has 0 unspecified atom stereocenters. The minimum absolute atomic E-state index is 0.0393. The summed E-state index contributed by atoms with van der Waals surface area (Å²) in [6, 6.07) is 3.83. The minimum Gasteiger partial charge on any atom is -0.392 e. The van der Waals surface area contributed by atoms with Crippen LogP contribution in [0.1, 0.15) is 42.0 Å². The van der Waals surface area contributed by atoms with Crippen LogP contribution in [0, 0.1) is 0 Å². The zero-order chi connectivity index (χ0) is 17.3. The van der Waals surface area contributed by atoms with Crippen LogP contribution in [0.5, 0.6) is 0 Å². The molecule has 3 rings (SSSR count). The van der Waals surface area contributed by atoms with E-state index in [0.29, 0.717) is 26.3 Å². The van der Waals surface area contributed by atoms with Gasteiger partial charge in [-0.15, -0.1) is 0 Å². The normalized spacial score (nSPS) is 19.0. The Labute approximate surface area is 142 Å². The number of fused-ring (bicyclic) bond motifs is 1. The van der Waals surface area contributed by atoms with Crippen molar-refractivity contribution < 1.29 is 19.4 Å². The standard InChI is InChI=1S/C18H24N2O4/c1-3-13-9-12(11-21)10-14(4-2)15(13)16-17(22)19-5-7-24-8-6-20(19)18(16)23/h9-10,16,21H,3-8,11H2,1-2H3. The number of hydrazine groups is 1. The second-order valence-electron chi connectivity index (χ2n) is 6.16. The Kier molecular flexibility index (Phi) is 4.87. The molecule has 0 atom stereocenters. The molecule has 2 heterocycles. The molecular formula is C18H24N2O4. The van der Waals surface area contributed by atoms with Gasteiger partial charge in [-0.3, -0.25) is 9.59 Å². The molecule has 2 aliphatic rings. The number of rotatable bonds is 4. The van der Waals surface area contributed by atoms with Crippen LogP contribution in [0.3, 0.4) is 0 Å². The summed E-state index contributed by atoms with van der Waals surface area (Å²) in [6.45, 7) is 5.71. The average molecular weight is 332 g/mol. The van der Waals surface area contributed by atoms with Crippen molar-refractivity contribution in [1.82, 2.24) is 10.0 Å². The lowest BCUT2D eigenvalue weighted by molar-refractivity contribution is -0.145. The quantitative estimate of drug-likeness (QED) is 0.835. The zero-order valence-electron chi connectivity index (χ0n) is 14.2. The average Bonchev–Trinajstić information content (AvgIpc) is 2.79. The number of nitrogens with zero attached hydrogens (tertiary/aromatic N) is 2. The molecule has 2 aliphatic heterocycles. The molecule has 0 spiro atoms. The third kappa shape index (κ3) is 2.70. The van der Waals surface area contributed by atoms with Crippen molar-refractivity contribution in [2.45, 2.75) is 39.2 Å². The summed E-state index contributed by atoms with van der Waals surface area (Å²) in [4.78, 5) is 25.9. The highest BCUT2D eigenvalue weighted by molar-refractivity contribution is 6.10. The first kappa shape index (κ1) is 16.9. The van der Waals surface area contributed by atoms with Gasteiger partial charge in [0.1, 0.15) is 5.92 Å². The van der Waals surface area contributed by atoms with Crippen molar-refractivity contribution in [2.75, 3.05) is 26.3 Å². The van der Waals surface area contributed by atoms with Crippen molar-refractivity contribution >= 4 is 11.8 Å². The Morgan fingerprint density at radius 1 is 1.04 bits per heavy atom. The molecule has 2 fully saturated rings. The van der Waals surface area contributed by atoms with Gasteiger partial charge in [0, 0.05) is 0 Å². The number of aliphatic hydroxyl groups excluding tert-OH is 1. The molecule has 0 aliphatic carbocycles. The predicted molar refractivity (Wildman–Crippen MR) is 88.1 cm³/mol. The molecule has 24 heavy (non-hydrogen) atoms. The molecule has 0 radical (unpaired) electrons. The summed E-state index contributed by atoms with van der Waals surface area (Å²) in [5.41, 5.74) is 3.61. The molecule has 1 aromatic carbocycles. The molecule has 0 saturated carbocycles. The third-order valence-corrected chi connectivity index (χ3v) is 4.83. The fourth-order valence-electron chi connectivity index (χ4n) is 3.65. The minimum atomic E-state index is -0.763. The maximum Gasteiger partial charge on any atom is 0.258 e. The Balaban J connectivity index is 2.08. The Bertz CT molecular complexity index is 609. The van der Waals surface area contributed by atoms with Gasteiger partial charge in [0.25, 0.3) is 11.8 Å². The van der Waals surface area contributed by atoms with Crippen molar-refractivity contribution in [2.24, 2.45) is 0 Å². The largest absolute Gasteiger partial charge is 0.392 e. The Hall–Kier alpha value is -1.92. The second kappa shape index (κ2) is 6.91. The van der Waals surface area contributed by atoms with E-state index in [0.717, 1.165) is 35.1 Å². The summed E-state index contributed by atoms with van der Waals surface area (Å²) in [7, 11) is 0. The van der Waals surface area contributed by atoms with E-state index in [1.54, 1.807) is 10.0 Å². The van der Waals surface area contributed by atoms with Crippen LogP contribution in [0.4, 0.5) is 0 Å². The van der Waals surface area contributed by atoms with Crippen molar-refractivity contribution in [3.63, 3.8) is 0 Å². The van der Waals surface area contributed by atoms with Gasteiger partial charge < -0.3 is 9.84 Å². The lowest BCUT2D eigenvalue weighted by Gasteiger charge is -2.23. The fourth-order valence-corrected chi connectivity index (χ4v) is 3.65. The molecule has 1 aromatic rings. The number of carbonyl (C=O) groups is 2. The zero-order valence-corrected chi connectivity index (χ0v) is 14.2. The maximum atomic E-state index is 13.0. The molecule has 0 aromatic heterocycles. The number of ether oxygens (including phenoxy) is 1. The van der Waals surface area contributed by atoms with Crippen molar-refractivity contribution in [3.05, 3.63) is 34.4 Å². The van der Waals surface area contributed by atoms with E-state index in [2.05, 4.69) is 0 Å². The van der Waals surface area contributed by atoms with Gasteiger partial charge in [-0.2, -0.15) is 0 Å². The number of aryl methyl sites for hydroxylation is 2. The van der Waals surface area contributed by atoms with E-state index in [1.807, 2.05) is 26.0 Å². The lowest BCUT2D eigenvalue weighted by Crippen LogP contribution is -2.41. The molecule has 130 valence electrons. The number of aliphatic hydroxyl groups is 1. The molecule has 6 heteroatoms. The highest BCUT2D eigenvalue weighted by Crippen LogP contribution is 2.35. The van der Waals surface area contributed by atoms with Gasteiger partial charge in [0.05, 0.1) is 32.9 Å². The summed E-state index contributed by atoms with van der Waals surface area (Å²) in [6.07, 6.45) is 1.44. The van der Waals surface area contributed by atoms with Crippen molar-refractivity contribution in [3.8, 4) is 0 Å². The van der Waals surface area contributed by atoms with Gasteiger partial charge in [-0.1, -0.05) is 26.0 Å². The Morgan fingerprint density at radius 3 is 1.96 bits per heavy atom. The first-order chi connectivity index (χ1) is 11.6. The molecule has 6 nitrogen and oxygen atoms in total. The maximum absolute atomic E-state index is 13.0. The van der Waals surface area contributed by atoms with E-state index < -0.39 is 5.92 Å². The number of amides is 2. The van der Waals surface area contributed by atoms with E-state index in [9.17, 15) is 14.7 Å². The molecule has 2 amide bonds. The van der Waals surface area contributed by atoms with Crippen LogP contribution in [0.15, 0.2) is 12.1 Å². The lowest BCUT2D eigenvalue weighted by atomic mass is 9.85. The molecule has 0 bridgehead atoms. The summed E-state index contributed by atoms with van der Waals surface area (Å²) >= 11 is 0. The first-order valence-electron chi connectivity index (χ1n) is 8.58. The van der Waals surface area contributed by atoms with E-state index in [-0.39, 0.29) is 18.4 Å². The summed E-state index contributed by atoms with van der Waals surface area (Å²) in [5.74, 6) is -1.08. The topological polar surface area (TPSA) is 70.1 Å². The highest BCUT2D eigenvalue weighted by Gasteiger charge is 2.47. The highest BCUT2D eigenvalue weighted by atomic mass is 16.5. The smallest absolute Gasteiger partial charge is 0.258 e. The monoisotopic (exact) mass is 332 g/mol. The Morgan fingerprint density at radius 2 is 1.54 bits per heavy atom. The molecule has 1 N–H and O–H groups in total. The van der Waals surface area contributed by atoms with Gasteiger partial charge in [-0.25, -0.2) is 10.0 Å². The van der Waals surface area contributed by atoms with E-state index in [1.165, 1.54) is 0 Å². The fraction of sp³-hybridized carbons (Fsp3) is 0.556. The van der Waals surface area contributed by atoms with Gasteiger partial charge in [0.15, 0.2) is 0 Å². The van der Waals surface area contributed by atoms with Gasteiger partial charge >= 0.3 is 0 Å². The van der Waals surface area contributed by atoms with Crippen LogP contribution in [0.2, 0.25) is 0 Å². The number of benzene rings is 1. The van der Waals surface area contributed by atoms with Crippen LogP contribution in [-0.2, 0) is 33.8 Å². The second-order valence-corrected chi connectivity index (χ2v) is 6.16. The number of hydrogen-bond acceptors (Lipinski definition) is 4. The predicted octanol–water partition coefficient (Wildman–Crippen LogP) is 1.00. The summed E-state index contributed by atoms with van der Waals surface area (Å²) in [5, 5.41) is 12.6.